The highest BCUT2D eigenvalue weighted by molar-refractivity contribution is 5.98. The van der Waals surface area contributed by atoms with Gasteiger partial charge in [0.15, 0.2) is 11.5 Å². The molecule has 1 aliphatic heterocycles. The predicted molar refractivity (Wildman–Crippen MR) is 88.6 cm³/mol. The van der Waals surface area contributed by atoms with E-state index in [-0.39, 0.29) is 24.7 Å². The van der Waals surface area contributed by atoms with Gasteiger partial charge in [0.25, 0.3) is 17.7 Å². The number of rotatable bonds is 4. The van der Waals surface area contributed by atoms with Crippen LogP contribution in [0.3, 0.4) is 0 Å². The third kappa shape index (κ3) is 4.01. The van der Waals surface area contributed by atoms with Gasteiger partial charge in [0, 0.05) is 11.1 Å². The van der Waals surface area contributed by atoms with Gasteiger partial charge in [-0.15, -0.1) is 0 Å². The van der Waals surface area contributed by atoms with Gasteiger partial charge in [-0.1, -0.05) is 6.07 Å². The zero-order valence-corrected chi connectivity index (χ0v) is 13.4. The van der Waals surface area contributed by atoms with Gasteiger partial charge >= 0.3 is 0 Å². The first-order valence-electron chi connectivity index (χ1n) is 7.59. The molecule has 26 heavy (non-hydrogen) atoms. The zero-order valence-electron chi connectivity index (χ0n) is 13.4. The topological polar surface area (TPSA) is 126 Å². The highest BCUT2D eigenvalue weighted by Gasteiger charge is 2.16. The largest absolute Gasteiger partial charge is 0.508 e. The molecule has 2 aromatic carbocycles. The molecule has 3 amide bonds. The SMILES string of the molecule is O=C(CNC(=O)c1ccc2c(c1)OCO2)NNC(=O)c1cccc(O)c1. The van der Waals surface area contributed by atoms with Crippen LogP contribution >= 0.6 is 0 Å². The van der Waals surface area contributed by atoms with Crippen molar-refractivity contribution in [2.45, 2.75) is 0 Å². The van der Waals surface area contributed by atoms with Crippen LogP contribution in [0.25, 0.3) is 0 Å². The molecule has 0 aromatic heterocycles. The Morgan fingerprint density at radius 1 is 0.923 bits per heavy atom. The minimum Gasteiger partial charge on any atom is -0.508 e. The third-order valence-electron chi connectivity index (χ3n) is 3.47. The molecule has 9 nitrogen and oxygen atoms in total. The second kappa shape index (κ2) is 7.43. The summed E-state index contributed by atoms with van der Waals surface area (Å²) in [6, 6.07) is 10.3. The number of nitrogens with one attached hydrogen (secondary N) is 3. The lowest BCUT2D eigenvalue weighted by Crippen LogP contribution is -2.46. The predicted octanol–water partition coefficient (Wildman–Crippen LogP) is 0.312. The summed E-state index contributed by atoms with van der Waals surface area (Å²) in [5, 5.41) is 11.7. The highest BCUT2D eigenvalue weighted by Crippen LogP contribution is 2.32. The third-order valence-corrected chi connectivity index (χ3v) is 3.47. The molecule has 0 fully saturated rings. The Kier molecular flexibility index (Phi) is 4.88. The molecule has 4 N–H and O–H groups in total. The smallest absolute Gasteiger partial charge is 0.269 e. The summed E-state index contributed by atoms with van der Waals surface area (Å²) in [7, 11) is 0. The summed E-state index contributed by atoms with van der Waals surface area (Å²) in [6.45, 7) is -0.241. The number of hydrogen-bond donors (Lipinski definition) is 4. The molecule has 0 aliphatic carbocycles. The van der Waals surface area contributed by atoms with E-state index in [1.165, 1.54) is 30.3 Å². The maximum absolute atomic E-state index is 12.0. The average Bonchev–Trinajstić information content (AvgIpc) is 3.11. The Balaban J connectivity index is 1.46. The van der Waals surface area contributed by atoms with Crippen molar-refractivity contribution in [3.05, 3.63) is 53.6 Å². The van der Waals surface area contributed by atoms with Crippen LogP contribution in [0.5, 0.6) is 17.2 Å². The fourth-order valence-electron chi connectivity index (χ4n) is 2.19. The molecule has 1 heterocycles. The normalized spacial score (nSPS) is 11.5. The van der Waals surface area contributed by atoms with Gasteiger partial charge in [-0.05, 0) is 36.4 Å². The molecular weight excluding hydrogens is 342 g/mol. The summed E-state index contributed by atoms with van der Waals surface area (Å²) in [5.41, 5.74) is 4.84. The van der Waals surface area contributed by atoms with Crippen LogP contribution in [-0.2, 0) is 4.79 Å². The van der Waals surface area contributed by atoms with Gasteiger partial charge in [-0.2, -0.15) is 0 Å². The van der Waals surface area contributed by atoms with Crippen molar-refractivity contribution in [2.75, 3.05) is 13.3 Å². The second-order valence-electron chi connectivity index (χ2n) is 5.30. The minimum absolute atomic E-state index is 0.0695. The van der Waals surface area contributed by atoms with Crippen molar-refractivity contribution in [3.63, 3.8) is 0 Å². The van der Waals surface area contributed by atoms with E-state index in [4.69, 9.17) is 9.47 Å². The fraction of sp³-hybridized carbons (Fsp3) is 0.118. The van der Waals surface area contributed by atoms with Crippen LogP contribution in [0.1, 0.15) is 20.7 Å². The number of aromatic hydroxyl groups is 1. The molecule has 0 atom stereocenters. The molecule has 0 spiro atoms. The number of phenolic OH excluding ortho intramolecular Hbond substituents is 1. The number of benzene rings is 2. The monoisotopic (exact) mass is 357 g/mol. The number of ether oxygens (including phenoxy) is 2. The molecule has 0 bridgehead atoms. The Morgan fingerprint density at radius 3 is 2.50 bits per heavy atom. The number of amides is 3. The number of carbonyl (C=O) groups excluding carboxylic acids is 3. The van der Waals surface area contributed by atoms with E-state index < -0.39 is 17.7 Å². The van der Waals surface area contributed by atoms with Crippen LogP contribution in [0.15, 0.2) is 42.5 Å². The molecule has 3 rings (SSSR count). The van der Waals surface area contributed by atoms with E-state index in [1.54, 1.807) is 12.1 Å². The standard InChI is InChI=1S/C17H15N3O6/c21-12-3-1-2-10(6-12)17(24)20-19-15(22)8-18-16(23)11-4-5-13-14(7-11)26-9-25-13/h1-7,21H,8-9H2,(H,18,23)(H,19,22)(H,20,24). The van der Waals surface area contributed by atoms with Crippen molar-refractivity contribution in [1.82, 2.24) is 16.2 Å². The van der Waals surface area contributed by atoms with E-state index in [0.29, 0.717) is 17.1 Å². The summed E-state index contributed by atoms with van der Waals surface area (Å²) in [4.78, 5) is 35.6. The van der Waals surface area contributed by atoms with E-state index >= 15 is 0 Å². The minimum atomic E-state index is -0.618. The molecule has 0 unspecified atom stereocenters. The van der Waals surface area contributed by atoms with Crippen LogP contribution in [0.2, 0.25) is 0 Å². The second-order valence-corrected chi connectivity index (χ2v) is 5.30. The number of hydrazine groups is 1. The Hall–Kier alpha value is -3.75. The summed E-state index contributed by atoms with van der Waals surface area (Å²) in [6.07, 6.45) is 0. The Morgan fingerprint density at radius 2 is 1.69 bits per heavy atom. The fourth-order valence-corrected chi connectivity index (χ4v) is 2.19. The molecule has 1 aliphatic rings. The van der Waals surface area contributed by atoms with E-state index in [1.807, 2.05) is 0 Å². The number of phenols is 1. The van der Waals surface area contributed by atoms with Gasteiger partial charge in [0.05, 0.1) is 6.54 Å². The number of carbonyl (C=O) groups is 3. The van der Waals surface area contributed by atoms with E-state index in [2.05, 4.69) is 16.2 Å². The van der Waals surface area contributed by atoms with Crippen molar-refractivity contribution < 1.29 is 29.0 Å². The summed E-state index contributed by atoms with van der Waals surface area (Å²) >= 11 is 0. The van der Waals surface area contributed by atoms with Crippen molar-refractivity contribution >= 4 is 17.7 Å². The van der Waals surface area contributed by atoms with Gasteiger partial charge in [-0.25, -0.2) is 0 Å². The van der Waals surface area contributed by atoms with Crippen LogP contribution in [0, 0.1) is 0 Å². The quantitative estimate of drug-likeness (QED) is 0.584. The lowest BCUT2D eigenvalue weighted by atomic mass is 10.2. The molecule has 9 heteroatoms. The van der Waals surface area contributed by atoms with Crippen LogP contribution in [0.4, 0.5) is 0 Å². The first-order chi connectivity index (χ1) is 12.5. The lowest BCUT2D eigenvalue weighted by Gasteiger charge is -2.09. The summed E-state index contributed by atoms with van der Waals surface area (Å²) in [5.74, 6) is -0.754. The molecule has 134 valence electrons. The number of fused-ring (bicyclic) bond motifs is 1. The maximum Gasteiger partial charge on any atom is 0.269 e. The Labute approximate surface area is 147 Å². The first kappa shape index (κ1) is 17.1. The molecule has 0 radical (unpaired) electrons. The van der Waals surface area contributed by atoms with Gasteiger partial charge in [0.1, 0.15) is 5.75 Å². The van der Waals surface area contributed by atoms with Gasteiger partial charge < -0.3 is 19.9 Å². The highest BCUT2D eigenvalue weighted by atomic mass is 16.7. The van der Waals surface area contributed by atoms with Crippen molar-refractivity contribution in [3.8, 4) is 17.2 Å². The average molecular weight is 357 g/mol. The van der Waals surface area contributed by atoms with E-state index in [9.17, 15) is 19.5 Å². The number of hydrogen-bond acceptors (Lipinski definition) is 6. The summed E-state index contributed by atoms with van der Waals surface area (Å²) < 4.78 is 10.3. The van der Waals surface area contributed by atoms with E-state index in [0.717, 1.165) is 0 Å². The molecule has 0 saturated carbocycles. The van der Waals surface area contributed by atoms with Crippen LogP contribution < -0.4 is 25.6 Å². The van der Waals surface area contributed by atoms with Crippen molar-refractivity contribution in [2.24, 2.45) is 0 Å². The zero-order chi connectivity index (χ0) is 18.5. The molecular formula is C17H15N3O6. The molecule has 0 saturated heterocycles. The van der Waals surface area contributed by atoms with Gasteiger partial charge in [-0.3, -0.25) is 25.2 Å². The first-order valence-corrected chi connectivity index (χ1v) is 7.59. The van der Waals surface area contributed by atoms with Gasteiger partial charge in [0.2, 0.25) is 6.79 Å². The maximum atomic E-state index is 12.0. The van der Waals surface area contributed by atoms with Crippen LogP contribution in [-0.4, -0.2) is 36.2 Å². The van der Waals surface area contributed by atoms with Crippen molar-refractivity contribution in [1.29, 1.82) is 0 Å². The molecule has 2 aromatic rings. The lowest BCUT2D eigenvalue weighted by molar-refractivity contribution is -0.120. The Bertz CT molecular complexity index is 867.